The first-order chi connectivity index (χ1) is 26.5. The van der Waals surface area contributed by atoms with Crippen LogP contribution in [0, 0.1) is 0 Å². The summed E-state index contributed by atoms with van der Waals surface area (Å²) in [5.74, 6) is 0.523. The first-order valence-electron chi connectivity index (χ1n) is 17.9. The summed E-state index contributed by atoms with van der Waals surface area (Å²) >= 11 is 0. The highest BCUT2D eigenvalue weighted by Crippen LogP contribution is 2.24. The minimum atomic E-state index is -0.672. The van der Waals surface area contributed by atoms with Crippen LogP contribution in [0.3, 0.4) is 0 Å². The number of aromatic nitrogens is 2. The number of pyridine rings is 2. The van der Waals surface area contributed by atoms with Gasteiger partial charge in [-0.15, -0.1) is 0 Å². The van der Waals surface area contributed by atoms with Crippen molar-refractivity contribution in [2.45, 2.75) is 51.5 Å². The van der Waals surface area contributed by atoms with E-state index in [2.05, 4.69) is 23.1 Å². The Bertz CT molecular complexity index is 1620. The lowest BCUT2D eigenvalue weighted by molar-refractivity contribution is -0.326. The summed E-state index contributed by atoms with van der Waals surface area (Å²) in [5.41, 5.74) is 5.52. The Morgan fingerprint density at radius 2 is 1.00 bits per heavy atom. The van der Waals surface area contributed by atoms with Crippen molar-refractivity contribution in [3.63, 3.8) is 0 Å². The van der Waals surface area contributed by atoms with E-state index in [-0.39, 0.29) is 0 Å². The standard InChI is InChI=1S/C42H46N2O10/c1-3-39(45)49-23-7-5-21-47-35-17-19-37(43-27-35)33-13-9-31(10-14-33)29-53-41-42(52-26-25-51-41)54-30-32-11-15-34(16-12-32)38-20-18-36(28-44-38)48-22-6-8-24-50-40(46)4-2/h3-4,9-20,27-28,41-42H,1-2,5-8,21-26,29-30H2/t41-,42-/m0/s1. The highest BCUT2D eigenvalue weighted by molar-refractivity contribution is 5.81. The number of carbonyl (C=O) groups is 2. The van der Waals surface area contributed by atoms with Crippen molar-refractivity contribution in [1.29, 1.82) is 0 Å². The van der Waals surface area contributed by atoms with Gasteiger partial charge >= 0.3 is 11.9 Å². The van der Waals surface area contributed by atoms with Gasteiger partial charge in [0, 0.05) is 23.3 Å². The third kappa shape index (κ3) is 13.2. The molecule has 2 atom stereocenters. The van der Waals surface area contributed by atoms with Crippen molar-refractivity contribution in [2.75, 3.05) is 39.6 Å². The molecule has 0 bridgehead atoms. The lowest BCUT2D eigenvalue weighted by Gasteiger charge is -2.31. The largest absolute Gasteiger partial charge is 0.492 e. The smallest absolute Gasteiger partial charge is 0.330 e. The second-order valence-electron chi connectivity index (χ2n) is 12.1. The predicted molar refractivity (Wildman–Crippen MR) is 200 cm³/mol. The second-order valence-corrected chi connectivity index (χ2v) is 12.1. The van der Waals surface area contributed by atoms with Gasteiger partial charge in [0.1, 0.15) is 11.5 Å². The average Bonchev–Trinajstić information content (AvgIpc) is 3.22. The molecule has 0 saturated carbocycles. The van der Waals surface area contributed by atoms with E-state index >= 15 is 0 Å². The summed E-state index contributed by atoms with van der Waals surface area (Å²) in [6.45, 7) is 9.92. The van der Waals surface area contributed by atoms with Gasteiger partial charge in [-0.3, -0.25) is 9.97 Å². The van der Waals surface area contributed by atoms with E-state index < -0.39 is 24.5 Å². The average molecular weight is 739 g/mol. The Kier molecular flexibility index (Phi) is 16.2. The SMILES string of the molecule is C=CC(=O)OCCCCOc1ccc(-c2ccc(CO[C@@H]3OCCO[C@H]3OCc3ccc(-c4ccc(OCCCCOC(=O)C=C)cn4)cc3)cc2)nc1. The van der Waals surface area contributed by atoms with Crippen LogP contribution in [0.15, 0.2) is 111 Å². The first kappa shape index (κ1) is 39.8. The number of hydrogen-bond acceptors (Lipinski definition) is 12. The van der Waals surface area contributed by atoms with Crippen molar-refractivity contribution < 1.29 is 47.5 Å². The molecule has 2 aromatic carbocycles. The van der Waals surface area contributed by atoms with E-state index in [1.54, 1.807) is 12.4 Å². The minimum Gasteiger partial charge on any atom is -0.492 e. The molecule has 0 radical (unpaired) electrons. The summed E-state index contributed by atoms with van der Waals surface area (Å²) < 4.78 is 45.3. The van der Waals surface area contributed by atoms with Gasteiger partial charge in [0.25, 0.3) is 0 Å². The predicted octanol–water partition coefficient (Wildman–Crippen LogP) is 7.02. The monoisotopic (exact) mass is 738 g/mol. The van der Waals surface area contributed by atoms with E-state index in [4.69, 9.17) is 37.9 Å². The zero-order chi connectivity index (χ0) is 37.8. The normalized spacial score (nSPS) is 15.2. The fourth-order valence-corrected chi connectivity index (χ4v) is 5.16. The van der Waals surface area contributed by atoms with Crippen molar-refractivity contribution in [3.05, 3.63) is 122 Å². The molecule has 0 amide bonds. The quantitative estimate of drug-likeness (QED) is 0.0466. The topological polar surface area (TPSA) is 134 Å². The van der Waals surface area contributed by atoms with Crippen LogP contribution in [-0.2, 0) is 51.2 Å². The van der Waals surface area contributed by atoms with Gasteiger partial charge in [0.15, 0.2) is 0 Å². The number of hydrogen-bond donors (Lipinski definition) is 0. The van der Waals surface area contributed by atoms with Crippen LogP contribution in [-0.4, -0.2) is 74.1 Å². The maximum atomic E-state index is 11.1. The lowest BCUT2D eigenvalue weighted by atomic mass is 10.1. The van der Waals surface area contributed by atoms with Gasteiger partial charge in [-0.05, 0) is 61.1 Å². The van der Waals surface area contributed by atoms with Gasteiger partial charge in [-0.2, -0.15) is 0 Å². The van der Waals surface area contributed by atoms with E-state index in [9.17, 15) is 9.59 Å². The summed E-state index contributed by atoms with van der Waals surface area (Å²) in [6, 6.07) is 23.6. The Hall–Kier alpha value is -5.40. The molecule has 1 saturated heterocycles. The molecule has 284 valence electrons. The molecule has 0 N–H and O–H groups in total. The molecule has 12 nitrogen and oxygen atoms in total. The lowest BCUT2D eigenvalue weighted by Crippen LogP contribution is -2.41. The van der Waals surface area contributed by atoms with Crippen LogP contribution in [0.2, 0.25) is 0 Å². The molecule has 5 rings (SSSR count). The third-order valence-electron chi connectivity index (χ3n) is 8.11. The number of esters is 2. The van der Waals surface area contributed by atoms with Gasteiger partial charge in [0.2, 0.25) is 12.6 Å². The van der Waals surface area contributed by atoms with E-state index in [1.807, 2.05) is 72.8 Å². The van der Waals surface area contributed by atoms with E-state index in [1.165, 1.54) is 0 Å². The fraction of sp³-hybridized carbons (Fsp3) is 0.333. The molecule has 12 heteroatoms. The van der Waals surface area contributed by atoms with Gasteiger partial charge in [-0.1, -0.05) is 61.7 Å². The summed E-state index contributed by atoms with van der Waals surface area (Å²) in [5, 5.41) is 0. The molecule has 0 unspecified atom stereocenters. The first-order valence-corrected chi connectivity index (χ1v) is 17.9. The molecule has 4 aromatic rings. The minimum absolute atomic E-state index is 0.319. The molecule has 2 aromatic heterocycles. The molecule has 0 aliphatic carbocycles. The van der Waals surface area contributed by atoms with Crippen molar-refractivity contribution in [1.82, 2.24) is 9.97 Å². The maximum Gasteiger partial charge on any atom is 0.330 e. The van der Waals surface area contributed by atoms with Crippen LogP contribution in [0.25, 0.3) is 22.5 Å². The number of rotatable bonds is 22. The Morgan fingerprint density at radius 3 is 1.37 bits per heavy atom. The summed E-state index contributed by atoms with van der Waals surface area (Å²) in [6.07, 6.45) is 7.29. The van der Waals surface area contributed by atoms with Gasteiger partial charge in [0.05, 0.1) is 76.6 Å². The van der Waals surface area contributed by atoms with Crippen molar-refractivity contribution in [3.8, 4) is 34.0 Å². The molecular weight excluding hydrogens is 692 g/mol. The number of nitrogens with zero attached hydrogens (tertiary/aromatic N) is 2. The zero-order valence-corrected chi connectivity index (χ0v) is 30.3. The fourth-order valence-electron chi connectivity index (χ4n) is 5.16. The van der Waals surface area contributed by atoms with Crippen LogP contribution in [0.4, 0.5) is 0 Å². The number of benzene rings is 2. The van der Waals surface area contributed by atoms with E-state index in [0.717, 1.165) is 58.6 Å². The number of carbonyl (C=O) groups excluding carboxylic acids is 2. The van der Waals surface area contributed by atoms with Crippen LogP contribution in [0.5, 0.6) is 11.5 Å². The maximum absolute atomic E-state index is 11.1. The zero-order valence-electron chi connectivity index (χ0n) is 30.3. The third-order valence-corrected chi connectivity index (χ3v) is 8.11. The summed E-state index contributed by atoms with van der Waals surface area (Å²) in [4.78, 5) is 31.2. The van der Waals surface area contributed by atoms with E-state index in [0.29, 0.717) is 77.2 Å². The molecule has 1 fully saturated rings. The Balaban J connectivity index is 1.01. The molecule has 54 heavy (non-hydrogen) atoms. The van der Waals surface area contributed by atoms with Crippen LogP contribution < -0.4 is 9.47 Å². The number of ether oxygens (including phenoxy) is 8. The molecule has 3 heterocycles. The second kappa shape index (κ2) is 22.0. The highest BCUT2D eigenvalue weighted by Gasteiger charge is 2.28. The highest BCUT2D eigenvalue weighted by atomic mass is 16.8. The van der Waals surface area contributed by atoms with Crippen molar-refractivity contribution in [2.24, 2.45) is 0 Å². The van der Waals surface area contributed by atoms with Gasteiger partial charge in [-0.25, -0.2) is 9.59 Å². The van der Waals surface area contributed by atoms with Crippen LogP contribution >= 0.6 is 0 Å². The van der Waals surface area contributed by atoms with Crippen molar-refractivity contribution >= 4 is 11.9 Å². The van der Waals surface area contributed by atoms with Gasteiger partial charge < -0.3 is 37.9 Å². The molecule has 0 spiro atoms. The van der Waals surface area contributed by atoms with Crippen LogP contribution in [0.1, 0.15) is 36.8 Å². The molecule has 1 aliphatic rings. The Morgan fingerprint density at radius 1 is 0.593 bits per heavy atom. The summed E-state index contributed by atoms with van der Waals surface area (Å²) in [7, 11) is 0. The molecule has 1 aliphatic heterocycles. The number of unbranched alkanes of at least 4 members (excludes halogenated alkanes) is 2. The Labute approximate surface area is 315 Å². The molecular formula is C42H46N2O10.